The van der Waals surface area contributed by atoms with Gasteiger partial charge in [0.25, 0.3) is 5.60 Å². The number of hydrogen-bond acceptors (Lipinski definition) is 13. The predicted molar refractivity (Wildman–Crippen MR) is 284 cm³/mol. The number of ether oxygens (including phenoxy) is 6. The van der Waals surface area contributed by atoms with Gasteiger partial charge in [0.05, 0.1) is 39.8 Å². The number of esters is 5. The van der Waals surface area contributed by atoms with Crippen molar-refractivity contribution < 1.29 is 88.9 Å². The van der Waals surface area contributed by atoms with Crippen molar-refractivity contribution in [2.45, 2.75) is 277 Å². The summed E-state index contributed by atoms with van der Waals surface area (Å²) in [7, 11) is 0. The van der Waals surface area contributed by atoms with Crippen LogP contribution >= 0.6 is 0 Å². The van der Waals surface area contributed by atoms with Gasteiger partial charge in [-0.2, -0.15) is 26.3 Å². The van der Waals surface area contributed by atoms with E-state index >= 15 is 0 Å². The summed E-state index contributed by atoms with van der Waals surface area (Å²) in [5.74, 6) is 1.06. The van der Waals surface area contributed by atoms with Crippen molar-refractivity contribution in [3.05, 3.63) is 0 Å². The second-order valence-electron chi connectivity index (χ2n) is 29.4. The molecule has 12 atom stereocenters. The molecule has 3 aliphatic heterocycles. The average molecular weight is 1160 g/mol. The van der Waals surface area contributed by atoms with E-state index in [1.165, 1.54) is 38.5 Å². The Balaban J connectivity index is 0.000000143. The molecule has 3 saturated heterocycles. The maximum atomic E-state index is 12.9. The van der Waals surface area contributed by atoms with Crippen LogP contribution in [0.5, 0.6) is 0 Å². The molecule has 13 aliphatic rings. The highest BCUT2D eigenvalue weighted by molar-refractivity contribution is 5.79. The summed E-state index contributed by atoms with van der Waals surface area (Å²) in [6.07, 6.45) is 1.92. The van der Waals surface area contributed by atoms with Gasteiger partial charge in [0, 0.05) is 6.42 Å². The molecule has 13 rings (SSSR count). The van der Waals surface area contributed by atoms with Crippen molar-refractivity contribution >= 4 is 29.8 Å². The highest BCUT2D eigenvalue weighted by atomic mass is 19.4. The Morgan fingerprint density at radius 1 is 0.642 bits per heavy atom. The Morgan fingerprint density at radius 3 is 1.62 bits per heavy atom. The summed E-state index contributed by atoms with van der Waals surface area (Å²) in [5, 5.41) is 20.1. The number of aliphatic hydroxyl groups is 2. The Hall–Kier alpha value is -3.19. The molecule has 0 aromatic heterocycles. The number of rotatable bonds is 14. The molecule has 0 amide bonds. The van der Waals surface area contributed by atoms with Crippen LogP contribution in [-0.2, 0) is 52.4 Å². The monoisotopic (exact) mass is 1160 g/mol. The quantitative estimate of drug-likeness (QED) is 0.0953. The fourth-order valence-corrected chi connectivity index (χ4v) is 16.3. The van der Waals surface area contributed by atoms with Crippen molar-refractivity contribution in [3.63, 3.8) is 0 Å². The number of fused-ring (bicyclic) bond motifs is 3. The van der Waals surface area contributed by atoms with Gasteiger partial charge >= 0.3 is 42.2 Å². The molecule has 462 valence electrons. The van der Waals surface area contributed by atoms with Gasteiger partial charge in [-0.05, 0) is 224 Å². The zero-order chi connectivity index (χ0) is 60.0. The summed E-state index contributed by atoms with van der Waals surface area (Å²) in [4.78, 5) is 60.3. The van der Waals surface area contributed by atoms with Crippen molar-refractivity contribution in [2.75, 3.05) is 0 Å². The summed E-state index contributed by atoms with van der Waals surface area (Å²) >= 11 is 0. The first-order valence-corrected chi connectivity index (χ1v) is 30.7. The lowest BCUT2D eigenvalue weighted by Crippen LogP contribution is -2.61. The van der Waals surface area contributed by atoms with E-state index in [1.807, 2.05) is 55.4 Å². The molecule has 19 heteroatoms. The zero-order valence-corrected chi connectivity index (χ0v) is 50.0. The van der Waals surface area contributed by atoms with Crippen LogP contribution in [0.2, 0.25) is 0 Å². The van der Waals surface area contributed by atoms with Gasteiger partial charge < -0.3 is 38.6 Å². The molecule has 0 spiro atoms. The molecule has 10 saturated carbocycles. The van der Waals surface area contributed by atoms with E-state index in [4.69, 9.17) is 28.4 Å². The van der Waals surface area contributed by atoms with E-state index < -0.39 is 76.9 Å². The summed E-state index contributed by atoms with van der Waals surface area (Å²) < 4.78 is 111. The molecule has 12 bridgehead atoms. The molecule has 13 fully saturated rings. The minimum atomic E-state index is -5.81. The maximum Gasteiger partial charge on any atom is 0.426 e. The van der Waals surface area contributed by atoms with Crippen LogP contribution in [0.25, 0.3) is 0 Å². The smallest absolute Gasteiger partial charge is 0.426 e. The lowest BCUT2D eigenvalue weighted by atomic mass is 9.50. The van der Waals surface area contributed by atoms with Gasteiger partial charge in [0.15, 0.2) is 12.2 Å². The van der Waals surface area contributed by atoms with Crippen molar-refractivity contribution in [1.82, 2.24) is 0 Å². The van der Waals surface area contributed by atoms with E-state index in [9.17, 15) is 60.5 Å². The third-order valence-corrected chi connectivity index (χ3v) is 22.4. The lowest BCUT2D eigenvalue weighted by Gasteiger charge is -2.59. The molecular formula is C62H94F6O13. The summed E-state index contributed by atoms with van der Waals surface area (Å²) in [6, 6.07) is 0. The SMILES string of the molecule is CCC(C)(C)C(=O)OC1(C)C2CC3CC(C2)CC1C3.CCC(C)(C)C(=O)OC12CC3CC(CC(O)(C3)C1)C2.CCC(C)(C)C(=O)OC1C2CC3C(=O)OC1C3O2.CCC(C)C(=O)OC1CC2CC(CC(O)(C(F)(F)F)C(F)(F)F)C1C2. The first-order valence-electron chi connectivity index (χ1n) is 30.7. The van der Waals surface area contributed by atoms with Crippen LogP contribution in [-0.4, -0.2) is 105 Å². The molecule has 13 nitrogen and oxygen atoms in total. The van der Waals surface area contributed by atoms with E-state index in [-0.39, 0.29) is 76.9 Å². The van der Waals surface area contributed by atoms with Crippen molar-refractivity contribution in [1.29, 1.82) is 0 Å². The predicted octanol–water partition coefficient (Wildman–Crippen LogP) is 12.5. The number of halogens is 6. The van der Waals surface area contributed by atoms with Crippen LogP contribution in [0.4, 0.5) is 26.3 Å². The second kappa shape index (κ2) is 22.6. The molecule has 3 heterocycles. The Bertz CT molecular complexity index is 2270. The summed E-state index contributed by atoms with van der Waals surface area (Å²) in [6.45, 7) is 23.3. The topological polar surface area (TPSA) is 181 Å². The van der Waals surface area contributed by atoms with E-state index in [2.05, 4.69) is 13.8 Å². The first-order chi connectivity index (χ1) is 37.3. The largest absolute Gasteiger partial charge is 0.462 e. The van der Waals surface area contributed by atoms with Crippen molar-refractivity contribution in [3.8, 4) is 0 Å². The van der Waals surface area contributed by atoms with Gasteiger partial charge in [0.2, 0.25) is 0 Å². The molecule has 12 unspecified atom stereocenters. The Kier molecular flexibility index (Phi) is 17.8. The minimum Gasteiger partial charge on any atom is -0.462 e. The second-order valence-corrected chi connectivity index (χ2v) is 29.4. The van der Waals surface area contributed by atoms with Crippen molar-refractivity contribution in [2.24, 2.45) is 81.3 Å². The molecule has 10 aliphatic carbocycles. The highest BCUT2D eigenvalue weighted by Gasteiger charge is 2.72. The van der Waals surface area contributed by atoms with Gasteiger partial charge in [-0.25, -0.2) is 0 Å². The Morgan fingerprint density at radius 2 is 1.14 bits per heavy atom. The zero-order valence-electron chi connectivity index (χ0n) is 50.0. The number of hydrogen-bond donors (Lipinski definition) is 2. The van der Waals surface area contributed by atoms with Gasteiger partial charge in [-0.1, -0.05) is 34.6 Å². The third kappa shape index (κ3) is 12.6. The highest BCUT2D eigenvalue weighted by Crippen LogP contribution is 2.62. The fraction of sp³-hybridized carbons (Fsp3) is 0.919. The standard InChI is InChI=1S/C17H28O2.C16H22F6O3.C16H26O3.C13H18O5/c1-5-16(2,3)15(18)19-17(4)13-7-11-6-12(9-13)10-14(17)8-11;1-3-8(2)13(23)25-12-6-9-4-10(11(12)5-9)7-14(24,15(17,18)19)16(20,21)22;1-4-14(2,3)13(17)19-16-8-11-5-12(9-16)7-15(18,6-11)10-16;1-4-13(2,3)12(15)18-9-7-5-6-8(16-7)10(9)17-11(6)14/h11-14H,5-10H2,1-4H3;8-12,24H,3-7H2,1-2H3;11-12,18H,4-10H2,1-3H3;6-10H,4-5H2,1-3H3. The maximum absolute atomic E-state index is 12.9. The van der Waals surface area contributed by atoms with Crippen LogP contribution in [0, 0.1) is 81.3 Å². The molecular weight excluding hydrogens is 1070 g/mol. The van der Waals surface area contributed by atoms with Crippen LogP contribution in [0.3, 0.4) is 0 Å². The van der Waals surface area contributed by atoms with Gasteiger partial charge in [-0.3, -0.25) is 24.0 Å². The molecule has 0 aromatic carbocycles. The average Bonchev–Trinajstić information content (AvgIpc) is 4.29. The van der Waals surface area contributed by atoms with Gasteiger partial charge in [0.1, 0.15) is 23.4 Å². The number of alkyl halides is 6. The van der Waals surface area contributed by atoms with E-state index in [1.54, 1.807) is 13.8 Å². The van der Waals surface area contributed by atoms with Crippen LogP contribution in [0.15, 0.2) is 0 Å². The summed E-state index contributed by atoms with van der Waals surface area (Å²) in [5.41, 5.74) is -7.08. The van der Waals surface area contributed by atoms with E-state index in [0.29, 0.717) is 62.2 Å². The Labute approximate surface area is 475 Å². The third-order valence-electron chi connectivity index (χ3n) is 22.4. The lowest BCUT2D eigenvalue weighted by molar-refractivity contribution is -0.373. The first kappa shape index (κ1) is 63.8. The number of carbonyl (C=O) groups excluding carboxylic acids is 5. The molecule has 0 radical (unpaired) electrons. The molecule has 0 aromatic rings. The van der Waals surface area contributed by atoms with E-state index in [0.717, 1.165) is 50.4 Å². The molecule has 2 N–H and O–H groups in total. The van der Waals surface area contributed by atoms with Crippen LogP contribution < -0.4 is 0 Å². The fourth-order valence-electron chi connectivity index (χ4n) is 16.3. The van der Waals surface area contributed by atoms with Gasteiger partial charge in [-0.15, -0.1) is 0 Å². The van der Waals surface area contributed by atoms with Crippen LogP contribution in [0.1, 0.15) is 212 Å². The minimum absolute atomic E-state index is 0.0185. The molecule has 81 heavy (non-hydrogen) atoms. The normalized spacial score (nSPS) is 39.6. The number of carbonyl (C=O) groups is 5.